The molecule has 2 aromatic carbocycles. The lowest BCUT2D eigenvalue weighted by Gasteiger charge is -2.32. The summed E-state index contributed by atoms with van der Waals surface area (Å²) in [6.45, 7) is 2.79. The molecule has 0 aromatic heterocycles. The zero-order chi connectivity index (χ0) is 31.9. The van der Waals surface area contributed by atoms with Gasteiger partial charge in [0.25, 0.3) is 0 Å². The van der Waals surface area contributed by atoms with E-state index in [9.17, 15) is 14.4 Å². The van der Waals surface area contributed by atoms with Crippen molar-refractivity contribution < 1.29 is 23.9 Å². The molecule has 2 aliphatic rings. The number of benzene rings is 2. The van der Waals surface area contributed by atoms with Crippen LogP contribution < -0.4 is 0 Å². The number of carbonyl (C=O) groups is 3. The monoisotopic (exact) mass is 634 g/mol. The van der Waals surface area contributed by atoms with Gasteiger partial charge in [-0.2, -0.15) is 0 Å². The summed E-state index contributed by atoms with van der Waals surface area (Å²) < 4.78 is 11.2. The molecule has 0 heterocycles. The van der Waals surface area contributed by atoms with E-state index < -0.39 is 0 Å². The predicted molar refractivity (Wildman–Crippen MR) is 181 cm³/mol. The first-order chi connectivity index (χ1) is 22.0. The first-order valence-corrected chi connectivity index (χ1v) is 17.8. The maximum absolute atomic E-state index is 13.7. The molecule has 1 saturated carbocycles. The summed E-state index contributed by atoms with van der Waals surface area (Å²) >= 11 is 6.09. The van der Waals surface area contributed by atoms with Gasteiger partial charge in [0.05, 0.1) is 13.2 Å². The smallest absolute Gasteiger partial charge is 0.305 e. The first-order valence-electron chi connectivity index (χ1n) is 17.5. The SMILES string of the molecule is CCOC(=O)CCCCCCCCCCCCCCOC1=C([C@H]2CC[C@H](c3ccc(Cl)cc3)CC2)C(=O)c2ccccc2C1=O. The van der Waals surface area contributed by atoms with Crippen LogP contribution in [0.25, 0.3) is 0 Å². The van der Waals surface area contributed by atoms with Gasteiger partial charge < -0.3 is 9.47 Å². The fraction of sp³-hybridized carbons (Fsp3) is 0.564. The predicted octanol–water partition coefficient (Wildman–Crippen LogP) is 10.6. The lowest BCUT2D eigenvalue weighted by atomic mass is 9.72. The summed E-state index contributed by atoms with van der Waals surface area (Å²) in [6.07, 6.45) is 18.1. The summed E-state index contributed by atoms with van der Waals surface area (Å²) in [5.41, 5.74) is 2.87. The summed E-state index contributed by atoms with van der Waals surface area (Å²) in [5.74, 6) is 0.538. The molecule has 2 aromatic rings. The quantitative estimate of drug-likeness (QED) is 0.114. The lowest BCUT2D eigenvalue weighted by molar-refractivity contribution is -0.143. The van der Waals surface area contributed by atoms with Crippen molar-refractivity contribution in [1.82, 2.24) is 0 Å². The van der Waals surface area contributed by atoms with E-state index in [1.165, 1.54) is 50.5 Å². The van der Waals surface area contributed by atoms with Gasteiger partial charge in [0.2, 0.25) is 5.78 Å². The zero-order valence-corrected chi connectivity index (χ0v) is 27.9. The molecule has 6 heteroatoms. The molecule has 0 N–H and O–H groups in total. The molecule has 4 rings (SSSR count). The number of ketones is 2. The van der Waals surface area contributed by atoms with Crippen LogP contribution in [-0.4, -0.2) is 30.7 Å². The Morgan fingerprint density at radius 1 is 0.689 bits per heavy atom. The van der Waals surface area contributed by atoms with Gasteiger partial charge in [0.1, 0.15) is 0 Å². The number of fused-ring (bicyclic) bond motifs is 1. The van der Waals surface area contributed by atoms with Crippen LogP contribution in [0.15, 0.2) is 59.9 Å². The molecule has 0 radical (unpaired) electrons. The van der Waals surface area contributed by atoms with E-state index in [2.05, 4.69) is 12.1 Å². The minimum atomic E-state index is -0.140. The third-order valence-electron chi connectivity index (χ3n) is 9.42. The molecule has 0 atom stereocenters. The second kappa shape index (κ2) is 18.9. The van der Waals surface area contributed by atoms with Crippen LogP contribution in [0.2, 0.25) is 5.02 Å². The highest BCUT2D eigenvalue weighted by atomic mass is 35.5. The van der Waals surface area contributed by atoms with Crippen LogP contribution in [0.5, 0.6) is 0 Å². The number of Topliss-reactive ketones (excluding diaryl/α,β-unsaturated/α-hetero) is 2. The topological polar surface area (TPSA) is 69.7 Å². The Balaban J connectivity index is 1.17. The molecule has 0 unspecified atom stereocenters. The molecule has 2 aliphatic carbocycles. The average molecular weight is 635 g/mol. The van der Waals surface area contributed by atoms with E-state index in [4.69, 9.17) is 21.1 Å². The van der Waals surface area contributed by atoms with Gasteiger partial charge in [0, 0.05) is 28.1 Å². The summed E-state index contributed by atoms with van der Waals surface area (Å²) in [4.78, 5) is 38.7. The third kappa shape index (κ3) is 10.6. The lowest BCUT2D eigenvalue weighted by Crippen LogP contribution is -2.29. The van der Waals surface area contributed by atoms with Gasteiger partial charge in [-0.25, -0.2) is 0 Å². The van der Waals surface area contributed by atoms with E-state index in [0.29, 0.717) is 48.0 Å². The number of unbranched alkanes of at least 4 members (excludes halogenated alkanes) is 11. The fourth-order valence-electron chi connectivity index (χ4n) is 6.88. The van der Waals surface area contributed by atoms with Crippen LogP contribution in [0.1, 0.15) is 148 Å². The van der Waals surface area contributed by atoms with Crippen LogP contribution in [0.3, 0.4) is 0 Å². The van der Waals surface area contributed by atoms with Crippen LogP contribution >= 0.6 is 11.6 Å². The van der Waals surface area contributed by atoms with Crippen molar-refractivity contribution in [3.63, 3.8) is 0 Å². The van der Waals surface area contributed by atoms with Gasteiger partial charge in [-0.05, 0) is 75.0 Å². The molecule has 45 heavy (non-hydrogen) atoms. The van der Waals surface area contributed by atoms with Crippen molar-refractivity contribution >= 4 is 29.1 Å². The van der Waals surface area contributed by atoms with Crippen molar-refractivity contribution in [3.8, 4) is 0 Å². The van der Waals surface area contributed by atoms with E-state index in [0.717, 1.165) is 62.8 Å². The molecule has 0 bridgehead atoms. The fourth-order valence-corrected chi connectivity index (χ4v) is 7.01. The van der Waals surface area contributed by atoms with Gasteiger partial charge in [-0.1, -0.05) is 112 Å². The van der Waals surface area contributed by atoms with Gasteiger partial charge in [-0.15, -0.1) is 0 Å². The van der Waals surface area contributed by atoms with E-state index in [1.807, 2.05) is 31.2 Å². The Hall–Kier alpha value is -2.92. The number of carbonyl (C=O) groups excluding carboxylic acids is 3. The summed E-state index contributed by atoms with van der Waals surface area (Å²) in [6, 6.07) is 15.3. The molecular weight excluding hydrogens is 584 g/mol. The van der Waals surface area contributed by atoms with Gasteiger partial charge in [0.15, 0.2) is 11.5 Å². The van der Waals surface area contributed by atoms with Crippen molar-refractivity contribution in [2.24, 2.45) is 5.92 Å². The second-order valence-electron chi connectivity index (χ2n) is 12.7. The number of rotatable bonds is 19. The summed E-state index contributed by atoms with van der Waals surface area (Å²) in [7, 11) is 0. The molecule has 5 nitrogen and oxygen atoms in total. The van der Waals surface area contributed by atoms with Gasteiger partial charge in [-0.3, -0.25) is 14.4 Å². The average Bonchev–Trinajstić information content (AvgIpc) is 3.05. The Morgan fingerprint density at radius 3 is 1.78 bits per heavy atom. The highest BCUT2D eigenvalue weighted by Crippen LogP contribution is 2.42. The van der Waals surface area contributed by atoms with Gasteiger partial charge >= 0.3 is 5.97 Å². The maximum atomic E-state index is 13.7. The van der Waals surface area contributed by atoms with Crippen LogP contribution in [-0.2, 0) is 14.3 Å². The molecule has 1 fully saturated rings. The Labute approximate surface area is 275 Å². The standard InChI is InChI=1S/C39H51ClO5/c1-2-44-35(41)19-13-11-9-7-5-3-4-6-8-10-12-16-28-45-39-36(37(42)33-17-14-15-18-34(33)38(39)43)31-22-20-29(21-23-31)30-24-26-32(40)27-25-30/h14-15,17-18,24-27,29,31H,2-13,16,19-23,28H2,1H3/t29-,31-. The molecule has 0 saturated heterocycles. The normalized spacial score (nSPS) is 18.2. The number of halogens is 1. The van der Waals surface area contributed by atoms with E-state index >= 15 is 0 Å². The Bertz CT molecular complexity index is 1270. The molecular formula is C39H51ClO5. The molecule has 244 valence electrons. The van der Waals surface area contributed by atoms with Crippen LogP contribution in [0.4, 0.5) is 0 Å². The number of hydrogen-bond acceptors (Lipinski definition) is 5. The van der Waals surface area contributed by atoms with E-state index in [1.54, 1.807) is 12.1 Å². The minimum Gasteiger partial charge on any atom is -0.489 e. The van der Waals surface area contributed by atoms with Crippen molar-refractivity contribution in [2.45, 2.75) is 122 Å². The zero-order valence-electron chi connectivity index (χ0n) is 27.1. The largest absolute Gasteiger partial charge is 0.489 e. The van der Waals surface area contributed by atoms with E-state index in [-0.39, 0.29) is 23.5 Å². The Morgan fingerprint density at radius 2 is 1.20 bits per heavy atom. The third-order valence-corrected chi connectivity index (χ3v) is 9.67. The maximum Gasteiger partial charge on any atom is 0.305 e. The highest BCUT2D eigenvalue weighted by molar-refractivity contribution is 6.30. The number of esters is 1. The molecule has 0 amide bonds. The molecule has 0 spiro atoms. The molecule has 0 aliphatic heterocycles. The van der Waals surface area contributed by atoms with Crippen molar-refractivity contribution in [2.75, 3.05) is 13.2 Å². The van der Waals surface area contributed by atoms with Crippen molar-refractivity contribution in [3.05, 3.63) is 81.6 Å². The number of allylic oxidation sites excluding steroid dienone is 2. The Kier molecular flexibility index (Phi) is 14.7. The number of hydrogen-bond donors (Lipinski definition) is 0. The van der Waals surface area contributed by atoms with Crippen LogP contribution in [0, 0.1) is 5.92 Å². The minimum absolute atomic E-state index is 0.0354. The number of ether oxygens (including phenoxy) is 2. The highest BCUT2D eigenvalue weighted by Gasteiger charge is 2.38. The van der Waals surface area contributed by atoms with Crippen molar-refractivity contribution in [1.29, 1.82) is 0 Å². The second-order valence-corrected chi connectivity index (χ2v) is 13.1. The first kappa shape index (κ1) is 34.9. The summed E-state index contributed by atoms with van der Waals surface area (Å²) in [5, 5.41) is 0.743.